The molecule has 0 saturated heterocycles. The number of carbonyl (C=O) groups is 1. The van der Waals surface area contributed by atoms with Crippen molar-refractivity contribution in [3.05, 3.63) is 107 Å². The highest BCUT2D eigenvalue weighted by Crippen LogP contribution is 2.28. The number of rotatable bonds is 5. The van der Waals surface area contributed by atoms with E-state index in [4.69, 9.17) is 11.6 Å². The Morgan fingerprint density at radius 3 is 2.21 bits per heavy atom. The molecule has 1 amide bonds. The third-order valence-corrected chi connectivity index (χ3v) is 5.59. The Kier molecular flexibility index (Phi) is 5.94. The van der Waals surface area contributed by atoms with Crippen molar-refractivity contribution < 1.29 is 4.79 Å². The minimum atomic E-state index is -0.234. The maximum absolute atomic E-state index is 12.3. The van der Waals surface area contributed by atoms with Gasteiger partial charge in [-0.05, 0) is 64.9 Å². The van der Waals surface area contributed by atoms with Crippen molar-refractivity contribution in [2.45, 2.75) is 9.79 Å². The Bertz CT molecular complexity index is 1170. The van der Waals surface area contributed by atoms with Gasteiger partial charge in [-0.1, -0.05) is 65.8 Å². The fourth-order valence-corrected chi connectivity index (χ4v) is 3.76. The molecule has 3 nitrogen and oxygen atoms in total. The van der Waals surface area contributed by atoms with Gasteiger partial charge in [0.2, 0.25) is 0 Å². The minimum absolute atomic E-state index is 0.234. The summed E-state index contributed by atoms with van der Waals surface area (Å²) in [4.78, 5) is 14.6. The summed E-state index contributed by atoms with van der Waals surface area (Å²) < 4.78 is 0. The van der Waals surface area contributed by atoms with Gasteiger partial charge in [-0.2, -0.15) is 5.10 Å². The summed E-state index contributed by atoms with van der Waals surface area (Å²) >= 11 is 7.58. The van der Waals surface area contributed by atoms with Crippen LogP contribution in [0.4, 0.5) is 0 Å². The van der Waals surface area contributed by atoms with Gasteiger partial charge in [0, 0.05) is 20.4 Å². The maximum Gasteiger partial charge on any atom is 0.271 e. The van der Waals surface area contributed by atoms with Crippen molar-refractivity contribution in [3.63, 3.8) is 0 Å². The Morgan fingerprint density at radius 2 is 1.48 bits per heavy atom. The predicted octanol–water partition coefficient (Wildman–Crippen LogP) is 6.41. The molecule has 0 aliphatic heterocycles. The third-order valence-electron chi connectivity index (χ3n) is 4.32. The van der Waals surface area contributed by atoms with Crippen LogP contribution in [0.1, 0.15) is 15.9 Å². The van der Waals surface area contributed by atoms with Crippen molar-refractivity contribution in [1.82, 2.24) is 5.43 Å². The summed E-state index contributed by atoms with van der Waals surface area (Å²) in [6.07, 6.45) is 1.63. The van der Waals surface area contributed by atoms with Gasteiger partial charge >= 0.3 is 0 Å². The van der Waals surface area contributed by atoms with Gasteiger partial charge in [-0.3, -0.25) is 4.79 Å². The fraction of sp³-hybridized carbons (Fsp3) is 0. The lowest BCUT2D eigenvalue weighted by atomic mass is 10.1. The van der Waals surface area contributed by atoms with E-state index in [1.165, 1.54) is 0 Å². The molecule has 0 atom stereocenters. The first-order valence-electron chi connectivity index (χ1n) is 9.03. The van der Waals surface area contributed by atoms with Gasteiger partial charge in [0.25, 0.3) is 5.91 Å². The third kappa shape index (κ3) is 5.05. The number of halogens is 1. The summed E-state index contributed by atoms with van der Waals surface area (Å²) in [5.41, 5.74) is 4.07. The maximum atomic E-state index is 12.3. The average molecular weight is 417 g/mol. The summed E-state index contributed by atoms with van der Waals surface area (Å²) in [5.74, 6) is -0.234. The van der Waals surface area contributed by atoms with Crippen molar-refractivity contribution in [2.24, 2.45) is 5.10 Å². The predicted molar refractivity (Wildman–Crippen MR) is 121 cm³/mol. The molecule has 0 aliphatic rings. The molecule has 0 heterocycles. The highest BCUT2D eigenvalue weighted by atomic mass is 35.5. The fourth-order valence-electron chi connectivity index (χ4n) is 2.82. The lowest BCUT2D eigenvalue weighted by molar-refractivity contribution is 0.0955. The largest absolute Gasteiger partial charge is 0.271 e. The number of hydrogen-bond acceptors (Lipinski definition) is 3. The smallest absolute Gasteiger partial charge is 0.267 e. The van der Waals surface area contributed by atoms with Gasteiger partial charge in [-0.25, -0.2) is 5.43 Å². The standard InChI is InChI=1S/C24H17ClN2OS/c25-21-9-13-23(14-10-21)29-22-11-5-17(6-12-22)16-26-27-24(28)20-8-7-18-3-1-2-4-19(18)15-20/h1-16H,(H,27,28)/b26-16-. The van der Waals surface area contributed by atoms with Crippen LogP contribution < -0.4 is 5.43 Å². The second-order valence-electron chi connectivity index (χ2n) is 6.39. The van der Waals surface area contributed by atoms with E-state index in [-0.39, 0.29) is 5.91 Å². The number of fused-ring (bicyclic) bond motifs is 1. The number of hydrogen-bond donors (Lipinski definition) is 1. The van der Waals surface area contributed by atoms with E-state index in [0.717, 1.165) is 31.1 Å². The summed E-state index contributed by atoms with van der Waals surface area (Å²) in [7, 11) is 0. The SMILES string of the molecule is O=C(N/N=C\c1ccc(Sc2ccc(Cl)cc2)cc1)c1ccc2ccccc2c1. The van der Waals surface area contributed by atoms with E-state index >= 15 is 0 Å². The topological polar surface area (TPSA) is 41.5 Å². The zero-order valence-electron chi connectivity index (χ0n) is 15.4. The average Bonchev–Trinajstić information content (AvgIpc) is 2.76. The van der Waals surface area contributed by atoms with Crippen LogP contribution in [-0.2, 0) is 0 Å². The Balaban J connectivity index is 1.37. The summed E-state index contributed by atoms with van der Waals surface area (Å²) in [5, 5.41) is 6.93. The number of amides is 1. The molecule has 1 N–H and O–H groups in total. The van der Waals surface area contributed by atoms with Gasteiger partial charge in [0.1, 0.15) is 0 Å². The van der Waals surface area contributed by atoms with Gasteiger partial charge in [0.15, 0.2) is 0 Å². The van der Waals surface area contributed by atoms with Crippen molar-refractivity contribution in [3.8, 4) is 0 Å². The molecule has 5 heteroatoms. The normalized spacial score (nSPS) is 11.1. The summed E-state index contributed by atoms with van der Waals surface area (Å²) in [6.45, 7) is 0. The molecule has 0 spiro atoms. The van der Waals surface area contributed by atoms with E-state index < -0.39 is 0 Å². The summed E-state index contributed by atoms with van der Waals surface area (Å²) in [6, 6.07) is 29.2. The Hall–Kier alpha value is -3.08. The van der Waals surface area contributed by atoms with E-state index in [0.29, 0.717) is 5.56 Å². The molecular weight excluding hydrogens is 400 g/mol. The lowest BCUT2D eigenvalue weighted by Crippen LogP contribution is -2.17. The number of nitrogens with zero attached hydrogens (tertiary/aromatic N) is 1. The molecule has 0 unspecified atom stereocenters. The number of carbonyl (C=O) groups excluding carboxylic acids is 1. The molecule has 0 aromatic heterocycles. The van der Waals surface area contributed by atoms with Crippen LogP contribution in [0, 0.1) is 0 Å². The zero-order chi connectivity index (χ0) is 20.1. The van der Waals surface area contributed by atoms with E-state index in [9.17, 15) is 4.79 Å². The highest BCUT2D eigenvalue weighted by molar-refractivity contribution is 7.99. The Morgan fingerprint density at radius 1 is 0.828 bits per heavy atom. The van der Waals surface area contributed by atoms with Crippen LogP contribution in [0.5, 0.6) is 0 Å². The quantitative estimate of drug-likeness (QED) is 0.301. The molecule has 4 rings (SSSR count). The van der Waals surface area contributed by atoms with Crippen molar-refractivity contribution in [1.29, 1.82) is 0 Å². The van der Waals surface area contributed by atoms with Crippen LogP contribution in [-0.4, -0.2) is 12.1 Å². The molecule has 29 heavy (non-hydrogen) atoms. The first-order chi connectivity index (χ1) is 14.2. The highest BCUT2D eigenvalue weighted by Gasteiger charge is 2.05. The van der Waals surface area contributed by atoms with Gasteiger partial charge < -0.3 is 0 Å². The van der Waals surface area contributed by atoms with Crippen LogP contribution in [0.2, 0.25) is 5.02 Å². The Labute approximate surface area is 178 Å². The molecule has 4 aromatic carbocycles. The number of benzene rings is 4. The van der Waals surface area contributed by atoms with Crippen LogP contribution >= 0.6 is 23.4 Å². The lowest BCUT2D eigenvalue weighted by Gasteiger charge is -2.03. The first kappa shape index (κ1) is 19.2. The second-order valence-corrected chi connectivity index (χ2v) is 7.97. The van der Waals surface area contributed by atoms with Crippen molar-refractivity contribution >= 4 is 46.3 Å². The van der Waals surface area contributed by atoms with Gasteiger partial charge in [0.05, 0.1) is 6.21 Å². The molecule has 0 saturated carbocycles. The monoisotopic (exact) mass is 416 g/mol. The number of nitrogens with one attached hydrogen (secondary N) is 1. The molecule has 0 bridgehead atoms. The van der Waals surface area contributed by atoms with Crippen molar-refractivity contribution in [2.75, 3.05) is 0 Å². The molecule has 0 radical (unpaired) electrons. The number of hydrazone groups is 1. The van der Waals surface area contributed by atoms with E-state index in [1.807, 2.05) is 84.9 Å². The molecule has 142 valence electrons. The van der Waals surface area contributed by atoms with Gasteiger partial charge in [-0.15, -0.1) is 0 Å². The first-order valence-corrected chi connectivity index (χ1v) is 10.2. The van der Waals surface area contributed by atoms with Crippen LogP contribution in [0.3, 0.4) is 0 Å². The molecule has 0 fully saturated rings. The zero-order valence-corrected chi connectivity index (χ0v) is 17.0. The van der Waals surface area contributed by atoms with E-state index in [1.54, 1.807) is 24.0 Å². The van der Waals surface area contributed by atoms with Crippen LogP contribution in [0.15, 0.2) is 106 Å². The minimum Gasteiger partial charge on any atom is -0.267 e. The van der Waals surface area contributed by atoms with Crippen LogP contribution in [0.25, 0.3) is 10.8 Å². The molecule has 4 aromatic rings. The van der Waals surface area contributed by atoms with E-state index in [2.05, 4.69) is 10.5 Å². The molecular formula is C24H17ClN2OS. The molecule has 0 aliphatic carbocycles. The second kappa shape index (κ2) is 8.95.